The predicted molar refractivity (Wildman–Crippen MR) is 147 cm³/mol. The van der Waals surface area contributed by atoms with Crippen LogP contribution in [0.4, 0.5) is 5.69 Å². The largest absolute Gasteiger partial charge is 0.338 e. The summed E-state index contributed by atoms with van der Waals surface area (Å²) in [4.78, 5) is 3.71. The summed E-state index contributed by atoms with van der Waals surface area (Å²) in [6, 6.07) is 13.5. The van der Waals surface area contributed by atoms with Crippen molar-refractivity contribution in [3.05, 3.63) is 92.5 Å². The lowest BCUT2D eigenvalue weighted by Crippen LogP contribution is -2.29. The van der Waals surface area contributed by atoms with Gasteiger partial charge in [-0.2, -0.15) is 4.57 Å². The van der Waals surface area contributed by atoms with E-state index in [1.165, 1.54) is 84.4 Å². The summed E-state index contributed by atoms with van der Waals surface area (Å²) in [5, 5.41) is 2.68. The van der Waals surface area contributed by atoms with Crippen molar-refractivity contribution in [3.8, 4) is 0 Å². The third kappa shape index (κ3) is 3.97. The molecule has 3 aliphatic rings. The molecule has 3 aromatic rings. The molecule has 0 fully saturated rings. The Morgan fingerprint density at radius 1 is 0.971 bits per heavy atom. The van der Waals surface area contributed by atoms with Gasteiger partial charge in [0, 0.05) is 24.1 Å². The normalized spacial score (nSPS) is 22.2. The summed E-state index contributed by atoms with van der Waals surface area (Å²) in [7, 11) is 4.40. The Hall–Kier alpha value is -2.56. The molecule has 172 valence electrons. The molecule has 4 heteroatoms. The molecular formula is C30H31N2S2+. The molecule has 2 heterocycles. The molecule has 0 saturated heterocycles. The van der Waals surface area contributed by atoms with Gasteiger partial charge in [0.15, 0.2) is 0 Å². The van der Waals surface area contributed by atoms with Gasteiger partial charge in [-0.1, -0.05) is 47.4 Å². The van der Waals surface area contributed by atoms with Crippen LogP contribution in [-0.2, 0) is 7.05 Å². The van der Waals surface area contributed by atoms with Gasteiger partial charge in [0.2, 0.25) is 5.52 Å². The van der Waals surface area contributed by atoms with Crippen molar-refractivity contribution in [1.29, 1.82) is 0 Å². The number of benzene rings is 2. The minimum absolute atomic E-state index is 0.715. The molecule has 1 atom stereocenters. The van der Waals surface area contributed by atoms with Crippen LogP contribution in [0.15, 0.2) is 81.3 Å². The standard InChI is InChI=1S/C30H31N2S2/c1-19-5-11-27-25(13-19)31(3)29(33-27)17-21-7-9-23-10-8-22(16-24(23)15-21)18-30-32(4)26-14-20(2)6-12-28(26)34-30/h5-6,11-18,23H,7-10H2,1-4H3/q+1. The molecule has 0 saturated carbocycles. The van der Waals surface area contributed by atoms with Gasteiger partial charge in [-0.15, -0.1) is 0 Å². The number of anilines is 1. The van der Waals surface area contributed by atoms with E-state index in [0.717, 1.165) is 0 Å². The van der Waals surface area contributed by atoms with E-state index in [0.29, 0.717) is 5.92 Å². The van der Waals surface area contributed by atoms with E-state index in [2.05, 4.69) is 98.1 Å². The Kier molecular flexibility index (Phi) is 5.54. The molecule has 1 aliphatic heterocycles. The average Bonchev–Trinajstić information content (AvgIpc) is 3.29. The van der Waals surface area contributed by atoms with Crippen molar-refractivity contribution in [2.24, 2.45) is 13.0 Å². The van der Waals surface area contributed by atoms with Gasteiger partial charge >= 0.3 is 0 Å². The molecule has 0 bridgehead atoms. The van der Waals surface area contributed by atoms with Crippen molar-refractivity contribution in [2.45, 2.75) is 44.4 Å². The third-order valence-electron chi connectivity index (χ3n) is 7.40. The number of rotatable bonds is 2. The number of hydrogen-bond donors (Lipinski definition) is 0. The van der Waals surface area contributed by atoms with E-state index in [9.17, 15) is 0 Å². The van der Waals surface area contributed by atoms with Crippen LogP contribution in [0.25, 0.3) is 16.3 Å². The molecule has 2 aromatic carbocycles. The topological polar surface area (TPSA) is 7.12 Å². The van der Waals surface area contributed by atoms with Crippen molar-refractivity contribution >= 4 is 45.1 Å². The molecule has 6 rings (SSSR count). The Morgan fingerprint density at radius 2 is 1.76 bits per heavy atom. The van der Waals surface area contributed by atoms with Crippen LogP contribution in [0, 0.1) is 19.8 Å². The van der Waals surface area contributed by atoms with Gasteiger partial charge in [0.1, 0.15) is 11.7 Å². The van der Waals surface area contributed by atoms with E-state index >= 15 is 0 Å². The molecule has 0 radical (unpaired) electrons. The molecule has 2 nitrogen and oxygen atoms in total. The van der Waals surface area contributed by atoms with Gasteiger partial charge in [-0.3, -0.25) is 0 Å². The summed E-state index contributed by atoms with van der Waals surface area (Å²) in [6.07, 6.45) is 14.7. The Morgan fingerprint density at radius 3 is 2.65 bits per heavy atom. The zero-order valence-corrected chi connectivity index (χ0v) is 22.0. The van der Waals surface area contributed by atoms with Crippen LogP contribution in [-0.4, -0.2) is 7.05 Å². The number of fused-ring (bicyclic) bond motifs is 3. The summed E-state index contributed by atoms with van der Waals surface area (Å²) >= 11 is 3.79. The second-order valence-electron chi connectivity index (χ2n) is 9.94. The number of aryl methyl sites for hydroxylation is 3. The van der Waals surface area contributed by atoms with E-state index in [-0.39, 0.29) is 0 Å². The number of hydrogen-bond acceptors (Lipinski definition) is 3. The van der Waals surface area contributed by atoms with Crippen LogP contribution in [0.2, 0.25) is 0 Å². The first-order chi connectivity index (χ1) is 16.4. The molecule has 1 unspecified atom stereocenters. The molecule has 0 spiro atoms. The fourth-order valence-electron chi connectivity index (χ4n) is 5.36. The number of thiazole rings is 1. The first-order valence-electron chi connectivity index (χ1n) is 12.2. The lowest BCUT2D eigenvalue weighted by molar-refractivity contribution is -0.642. The first kappa shape index (κ1) is 21.9. The number of thioether (sulfide) groups is 1. The molecule has 1 aromatic heterocycles. The Labute approximate surface area is 211 Å². The zero-order chi connectivity index (χ0) is 23.4. The van der Waals surface area contributed by atoms with Crippen LogP contribution < -0.4 is 9.47 Å². The number of aromatic nitrogens is 1. The Bertz CT molecular complexity index is 1430. The quantitative estimate of drug-likeness (QED) is 0.342. The number of allylic oxidation sites excluding steroid dienone is 6. The summed E-state index contributed by atoms with van der Waals surface area (Å²) in [6.45, 7) is 4.34. The van der Waals surface area contributed by atoms with Crippen molar-refractivity contribution in [1.82, 2.24) is 0 Å². The maximum Gasteiger partial charge on any atom is 0.262 e. The molecule has 0 N–H and O–H groups in total. The van der Waals surface area contributed by atoms with E-state index in [4.69, 9.17) is 0 Å². The second kappa shape index (κ2) is 8.58. The highest BCUT2D eigenvalue weighted by atomic mass is 32.2. The summed E-state index contributed by atoms with van der Waals surface area (Å²) in [5.74, 6) is 0.715. The van der Waals surface area contributed by atoms with Crippen molar-refractivity contribution < 1.29 is 4.57 Å². The molecule has 2 aliphatic carbocycles. The summed E-state index contributed by atoms with van der Waals surface area (Å²) in [5.41, 5.74) is 9.75. The van der Waals surface area contributed by atoms with Crippen LogP contribution in [0.5, 0.6) is 0 Å². The van der Waals surface area contributed by atoms with Gasteiger partial charge < -0.3 is 4.90 Å². The maximum absolute atomic E-state index is 2.48. The van der Waals surface area contributed by atoms with Gasteiger partial charge in [0.25, 0.3) is 5.01 Å². The highest BCUT2D eigenvalue weighted by Gasteiger charge is 2.26. The second-order valence-corrected chi connectivity index (χ2v) is 12.1. The number of nitrogens with zero attached hydrogens (tertiary/aromatic N) is 2. The van der Waals surface area contributed by atoms with Gasteiger partial charge in [0.05, 0.1) is 10.7 Å². The van der Waals surface area contributed by atoms with Crippen LogP contribution in [0.1, 0.15) is 41.8 Å². The average molecular weight is 484 g/mol. The van der Waals surface area contributed by atoms with Crippen molar-refractivity contribution in [3.63, 3.8) is 0 Å². The maximum atomic E-state index is 2.48. The van der Waals surface area contributed by atoms with Gasteiger partial charge in [-0.25, -0.2) is 0 Å². The smallest absolute Gasteiger partial charge is 0.262 e. The molecular weight excluding hydrogens is 452 g/mol. The fourth-order valence-corrected chi connectivity index (χ4v) is 7.57. The molecule has 0 amide bonds. The van der Waals surface area contributed by atoms with Crippen LogP contribution >= 0.6 is 23.1 Å². The van der Waals surface area contributed by atoms with Crippen molar-refractivity contribution in [2.75, 3.05) is 11.9 Å². The molecule has 34 heavy (non-hydrogen) atoms. The zero-order valence-electron chi connectivity index (χ0n) is 20.4. The third-order valence-corrected chi connectivity index (χ3v) is 9.73. The highest BCUT2D eigenvalue weighted by molar-refractivity contribution is 8.03. The Balaban J connectivity index is 1.30. The summed E-state index contributed by atoms with van der Waals surface area (Å²) < 4.78 is 3.71. The SMILES string of the molecule is Cc1ccc2c(c1)N(C)/C(=C/C1=CC3=C/C(=C/c4sc5ccc(C)cc5[n+]4C)CCC3CC1)S2. The lowest BCUT2D eigenvalue weighted by atomic mass is 9.77. The first-order valence-corrected chi connectivity index (χ1v) is 13.8. The van der Waals surface area contributed by atoms with Crippen LogP contribution in [0.3, 0.4) is 0 Å². The van der Waals surface area contributed by atoms with Gasteiger partial charge in [-0.05, 0) is 97.6 Å². The minimum atomic E-state index is 0.715. The highest BCUT2D eigenvalue weighted by Crippen LogP contribution is 2.47. The van der Waals surface area contributed by atoms with E-state index in [1.807, 2.05) is 23.1 Å². The minimum Gasteiger partial charge on any atom is -0.338 e. The lowest BCUT2D eigenvalue weighted by Gasteiger charge is -2.28. The van der Waals surface area contributed by atoms with E-state index < -0.39 is 0 Å². The predicted octanol–water partition coefficient (Wildman–Crippen LogP) is 7.87. The monoisotopic (exact) mass is 483 g/mol. The fraction of sp³-hybridized carbons (Fsp3) is 0.300. The van der Waals surface area contributed by atoms with E-state index in [1.54, 1.807) is 0 Å².